The summed E-state index contributed by atoms with van der Waals surface area (Å²) in [7, 11) is 0. The number of nitrogens with two attached hydrogens (primary N) is 1. The summed E-state index contributed by atoms with van der Waals surface area (Å²) in [6, 6.07) is 4.93. The number of benzene rings is 1. The zero-order valence-electron chi connectivity index (χ0n) is 11.0. The highest BCUT2D eigenvalue weighted by Crippen LogP contribution is 2.25. The lowest BCUT2D eigenvalue weighted by atomic mass is 10.1. The van der Waals surface area contributed by atoms with E-state index in [-0.39, 0.29) is 17.4 Å². The SMILES string of the molecule is CCCN(c1cccc(F)c1C(N)=NO)C(C)C. The van der Waals surface area contributed by atoms with E-state index in [9.17, 15) is 4.39 Å². The largest absolute Gasteiger partial charge is 0.409 e. The summed E-state index contributed by atoms with van der Waals surface area (Å²) < 4.78 is 13.9. The maximum atomic E-state index is 13.9. The van der Waals surface area contributed by atoms with Crippen molar-refractivity contribution < 1.29 is 9.60 Å². The van der Waals surface area contributed by atoms with Gasteiger partial charge in [0.25, 0.3) is 0 Å². The van der Waals surface area contributed by atoms with Crippen LogP contribution in [0, 0.1) is 5.82 Å². The zero-order chi connectivity index (χ0) is 13.7. The zero-order valence-corrected chi connectivity index (χ0v) is 11.0. The Kier molecular flexibility index (Phi) is 4.95. The number of halogens is 1. The standard InChI is InChI=1S/C13H20FN3O/c1-4-8-17(9(2)3)11-7-5-6-10(14)12(11)13(15)16-18/h5-7,9,18H,4,8H2,1-3H3,(H2,15,16). The van der Waals surface area contributed by atoms with E-state index in [4.69, 9.17) is 10.9 Å². The Balaban J connectivity index is 3.34. The molecule has 0 heterocycles. The molecule has 0 spiro atoms. The van der Waals surface area contributed by atoms with E-state index >= 15 is 0 Å². The van der Waals surface area contributed by atoms with Gasteiger partial charge >= 0.3 is 0 Å². The van der Waals surface area contributed by atoms with Crippen molar-refractivity contribution in [2.24, 2.45) is 10.9 Å². The van der Waals surface area contributed by atoms with Crippen LogP contribution < -0.4 is 10.6 Å². The molecular formula is C13H20FN3O. The molecule has 0 atom stereocenters. The molecule has 0 aliphatic rings. The molecule has 18 heavy (non-hydrogen) atoms. The van der Waals surface area contributed by atoms with Crippen LogP contribution in [0.5, 0.6) is 0 Å². The molecule has 0 saturated carbocycles. The van der Waals surface area contributed by atoms with Crippen molar-refractivity contribution in [1.29, 1.82) is 0 Å². The molecule has 0 unspecified atom stereocenters. The second kappa shape index (κ2) is 6.23. The summed E-state index contributed by atoms with van der Waals surface area (Å²) in [5.74, 6) is -0.686. The molecule has 0 radical (unpaired) electrons. The molecular weight excluding hydrogens is 233 g/mol. The van der Waals surface area contributed by atoms with Crippen molar-refractivity contribution in [2.75, 3.05) is 11.4 Å². The van der Waals surface area contributed by atoms with Crippen molar-refractivity contribution in [1.82, 2.24) is 0 Å². The Labute approximate surface area is 107 Å². The van der Waals surface area contributed by atoms with E-state index in [0.717, 1.165) is 13.0 Å². The van der Waals surface area contributed by atoms with Gasteiger partial charge in [0.05, 0.1) is 11.3 Å². The number of rotatable bonds is 5. The molecule has 1 rings (SSSR count). The lowest BCUT2D eigenvalue weighted by Crippen LogP contribution is -2.34. The first-order valence-corrected chi connectivity index (χ1v) is 6.06. The second-order valence-electron chi connectivity index (χ2n) is 4.41. The minimum Gasteiger partial charge on any atom is -0.409 e. The first kappa shape index (κ1) is 14.3. The van der Waals surface area contributed by atoms with Crippen LogP contribution in [-0.2, 0) is 0 Å². The topological polar surface area (TPSA) is 61.8 Å². The van der Waals surface area contributed by atoms with Crippen molar-refractivity contribution in [3.8, 4) is 0 Å². The van der Waals surface area contributed by atoms with Crippen LogP contribution in [0.15, 0.2) is 23.4 Å². The van der Waals surface area contributed by atoms with Crippen molar-refractivity contribution in [3.05, 3.63) is 29.6 Å². The van der Waals surface area contributed by atoms with Crippen LogP contribution in [0.2, 0.25) is 0 Å². The van der Waals surface area contributed by atoms with Crippen LogP contribution >= 0.6 is 0 Å². The molecule has 0 aliphatic carbocycles. The van der Waals surface area contributed by atoms with Gasteiger partial charge in [-0.15, -0.1) is 0 Å². The number of nitrogens with zero attached hydrogens (tertiary/aromatic N) is 2. The van der Waals surface area contributed by atoms with Gasteiger partial charge in [-0.2, -0.15) is 0 Å². The Hall–Kier alpha value is -1.78. The molecule has 0 fully saturated rings. The van der Waals surface area contributed by atoms with Crippen LogP contribution in [-0.4, -0.2) is 23.6 Å². The predicted molar refractivity (Wildman–Crippen MR) is 71.7 cm³/mol. The van der Waals surface area contributed by atoms with Crippen LogP contribution in [0.3, 0.4) is 0 Å². The molecule has 3 N–H and O–H groups in total. The Morgan fingerprint density at radius 3 is 2.67 bits per heavy atom. The van der Waals surface area contributed by atoms with Crippen molar-refractivity contribution in [3.63, 3.8) is 0 Å². The maximum Gasteiger partial charge on any atom is 0.175 e. The second-order valence-corrected chi connectivity index (χ2v) is 4.41. The molecule has 4 nitrogen and oxygen atoms in total. The number of oxime groups is 1. The number of hydrogen-bond acceptors (Lipinski definition) is 3. The first-order valence-electron chi connectivity index (χ1n) is 6.06. The molecule has 0 saturated heterocycles. The lowest BCUT2D eigenvalue weighted by Gasteiger charge is -2.30. The fourth-order valence-electron chi connectivity index (χ4n) is 1.95. The maximum absolute atomic E-state index is 13.9. The summed E-state index contributed by atoms with van der Waals surface area (Å²) in [5.41, 5.74) is 6.37. The Bertz CT molecular complexity index is 432. The van der Waals surface area contributed by atoms with E-state index in [1.54, 1.807) is 12.1 Å². The number of hydrogen-bond donors (Lipinski definition) is 2. The quantitative estimate of drug-likeness (QED) is 0.367. The normalized spacial score (nSPS) is 11.9. The highest BCUT2D eigenvalue weighted by Gasteiger charge is 2.19. The van der Waals surface area contributed by atoms with Crippen LogP contribution in [0.1, 0.15) is 32.8 Å². The number of amidine groups is 1. The van der Waals surface area contributed by atoms with Crippen molar-refractivity contribution >= 4 is 11.5 Å². The molecule has 1 aromatic rings. The molecule has 0 aliphatic heterocycles. The molecule has 0 aromatic heterocycles. The summed E-state index contributed by atoms with van der Waals surface area (Å²) >= 11 is 0. The van der Waals surface area contributed by atoms with E-state index < -0.39 is 5.82 Å². The summed E-state index contributed by atoms with van der Waals surface area (Å²) in [6.07, 6.45) is 0.935. The highest BCUT2D eigenvalue weighted by molar-refractivity contribution is 6.02. The third-order valence-electron chi connectivity index (χ3n) is 2.75. The molecule has 0 bridgehead atoms. The summed E-state index contributed by atoms with van der Waals surface area (Å²) in [4.78, 5) is 2.04. The average molecular weight is 253 g/mol. The summed E-state index contributed by atoms with van der Waals surface area (Å²) in [6.45, 7) is 6.89. The predicted octanol–water partition coefficient (Wildman–Crippen LogP) is 2.55. The third-order valence-corrected chi connectivity index (χ3v) is 2.75. The minimum absolute atomic E-state index is 0.155. The molecule has 100 valence electrons. The monoisotopic (exact) mass is 253 g/mol. The van der Waals surface area contributed by atoms with Crippen LogP contribution in [0.4, 0.5) is 10.1 Å². The minimum atomic E-state index is -0.482. The van der Waals surface area contributed by atoms with Gasteiger partial charge in [0.1, 0.15) is 5.82 Å². The molecule has 1 aromatic carbocycles. The van der Waals surface area contributed by atoms with E-state index in [1.165, 1.54) is 6.07 Å². The van der Waals surface area contributed by atoms with Gasteiger partial charge < -0.3 is 15.8 Å². The molecule has 0 amide bonds. The third kappa shape index (κ3) is 2.91. The van der Waals surface area contributed by atoms with Gasteiger partial charge in [-0.05, 0) is 32.4 Å². The van der Waals surface area contributed by atoms with E-state index in [0.29, 0.717) is 5.69 Å². The van der Waals surface area contributed by atoms with Gasteiger partial charge in [0, 0.05) is 12.6 Å². The number of anilines is 1. The van der Waals surface area contributed by atoms with Gasteiger partial charge in [0.2, 0.25) is 0 Å². The average Bonchev–Trinajstić information content (AvgIpc) is 2.34. The van der Waals surface area contributed by atoms with E-state index in [2.05, 4.69) is 12.1 Å². The highest BCUT2D eigenvalue weighted by atomic mass is 19.1. The molecule has 5 heteroatoms. The fraction of sp³-hybridized carbons (Fsp3) is 0.462. The van der Waals surface area contributed by atoms with Gasteiger partial charge in [-0.3, -0.25) is 0 Å². The summed E-state index contributed by atoms with van der Waals surface area (Å²) in [5, 5.41) is 11.7. The smallest absolute Gasteiger partial charge is 0.175 e. The van der Waals surface area contributed by atoms with Gasteiger partial charge in [-0.1, -0.05) is 18.1 Å². The van der Waals surface area contributed by atoms with Gasteiger partial charge in [0.15, 0.2) is 5.84 Å². The Morgan fingerprint density at radius 1 is 1.50 bits per heavy atom. The lowest BCUT2D eigenvalue weighted by molar-refractivity contribution is 0.318. The Morgan fingerprint density at radius 2 is 2.17 bits per heavy atom. The van der Waals surface area contributed by atoms with E-state index in [1.807, 2.05) is 18.7 Å². The van der Waals surface area contributed by atoms with Gasteiger partial charge in [-0.25, -0.2) is 4.39 Å². The van der Waals surface area contributed by atoms with Crippen LogP contribution in [0.25, 0.3) is 0 Å². The fourth-order valence-corrected chi connectivity index (χ4v) is 1.95. The first-order chi connectivity index (χ1) is 8.52. The van der Waals surface area contributed by atoms with Crippen molar-refractivity contribution in [2.45, 2.75) is 33.2 Å².